The average molecular weight is 416 g/mol. The van der Waals surface area contributed by atoms with Gasteiger partial charge in [0.05, 0.1) is 19.3 Å². The summed E-state index contributed by atoms with van der Waals surface area (Å²) < 4.78 is 5.51. The Balaban J connectivity index is 1.51. The highest BCUT2D eigenvalue weighted by molar-refractivity contribution is 5.81. The Kier molecular flexibility index (Phi) is 8.22. The van der Waals surface area contributed by atoms with Gasteiger partial charge in [-0.15, -0.1) is 0 Å². The average Bonchev–Trinajstić information content (AvgIpc) is 3.22. The molecule has 2 saturated heterocycles. The van der Waals surface area contributed by atoms with Gasteiger partial charge in [-0.25, -0.2) is 0 Å². The van der Waals surface area contributed by atoms with Crippen molar-refractivity contribution in [2.45, 2.75) is 45.6 Å². The Morgan fingerprint density at radius 1 is 1.23 bits per heavy atom. The molecule has 2 atom stereocenters. The summed E-state index contributed by atoms with van der Waals surface area (Å²) in [4.78, 5) is 21.5. The number of nitrogens with one attached hydrogen (secondary N) is 2. The number of hydrogen-bond donors (Lipinski definition) is 2. The SMILES string of the molecule is CCNC(=NCCC(=O)N1CCCC(C)C1)NC1CCN(c2ccccc2OC)C1. The Labute approximate surface area is 180 Å². The Morgan fingerprint density at radius 2 is 2.07 bits per heavy atom. The summed E-state index contributed by atoms with van der Waals surface area (Å²) in [5.41, 5.74) is 1.13. The molecule has 2 N–H and O–H groups in total. The van der Waals surface area contributed by atoms with Crippen molar-refractivity contribution in [3.05, 3.63) is 24.3 Å². The fourth-order valence-corrected chi connectivity index (χ4v) is 4.34. The van der Waals surface area contributed by atoms with E-state index in [4.69, 9.17) is 4.74 Å². The van der Waals surface area contributed by atoms with E-state index in [0.29, 0.717) is 24.9 Å². The maximum atomic E-state index is 12.5. The van der Waals surface area contributed by atoms with E-state index < -0.39 is 0 Å². The predicted octanol–water partition coefficient (Wildman–Crippen LogP) is 2.48. The van der Waals surface area contributed by atoms with Crippen LogP contribution in [0.3, 0.4) is 0 Å². The number of likely N-dealkylation sites (tertiary alicyclic amines) is 1. The molecule has 7 nitrogen and oxygen atoms in total. The van der Waals surface area contributed by atoms with Crippen molar-refractivity contribution < 1.29 is 9.53 Å². The molecule has 3 rings (SSSR count). The molecule has 2 aliphatic heterocycles. The number of carbonyl (C=O) groups is 1. The molecule has 1 aromatic rings. The minimum absolute atomic E-state index is 0.226. The van der Waals surface area contributed by atoms with Gasteiger partial charge < -0.3 is 25.2 Å². The molecule has 0 saturated carbocycles. The van der Waals surface area contributed by atoms with Crippen molar-refractivity contribution in [3.63, 3.8) is 0 Å². The number of anilines is 1. The molecule has 0 spiro atoms. The summed E-state index contributed by atoms with van der Waals surface area (Å²) in [6.07, 6.45) is 3.85. The second kappa shape index (κ2) is 11.1. The van der Waals surface area contributed by atoms with Crippen LogP contribution in [0, 0.1) is 5.92 Å². The molecular weight excluding hydrogens is 378 g/mol. The number of nitrogens with zero attached hydrogens (tertiary/aromatic N) is 3. The molecule has 2 unspecified atom stereocenters. The van der Waals surface area contributed by atoms with E-state index in [-0.39, 0.29) is 5.91 Å². The molecule has 0 radical (unpaired) electrons. The van der Waals surface area contributed by atoms with Crippen LogP contribution in [0.4, 0.5) is 5.69 Å². The van der Waals surface area contributed by atoms with Crippen LogP contribution in [-0.4, -0.2) is 69.2 Å². The molecule has 166 valence electrons. The second-order valence-corrected chi connectivity index (χ2v) is 8.35. The Morgan fingerprint density at radius 3 is 2.83 bits per heavy atom. The highest BCUT2D eigenvalue weighted by atomic mass is 16.5. The van der Waals surface area contributed by atoms with E-state index in [9.17, 15) is 4.79 Å². The number of aliphatic imine (C=N–C) groups is 1. The van der Waals surface area contributed by atoms with E-state index in [0.717, 1.165) is 63.0 Å². The Bertz CT molecular complexity index is 723. The van der Waals surface area contributed by atoms with Gasteiger partial charge in [0.15, 0.2) is 5.96 Å². The van der Waals surface area contributed by atoms with E-state index in [2.05, 4.69) is 40.4 Å². The smallest absolute Gasteiger partial charge is 0.224 e. The molecule has 2 fully saturated rings. The first-order chi connectivity index (χ1) is 14.6. The van der Waals surface area contributed by atoms with Gasteiger partial charge in [0.25, 0.3) is 0 Å². The molecule has 1 amide bonds. The quantitative estimate of drug-likeness (QED) is 0.529. The van der Waals surface area contributed by atoms with Gasteiger partial charge in [-0.3, -0.25) is 9.79 Å². The minimum atomic E-state index is 0.226. The monoisotopic (exact) mass is 415 g/mol. The molecule has 2 aliphatic rings. The van der Waals surface area contributed by atoms with E-state index >= 15 is 0 Å². The van der Waals surface area contributed by atoms with E-state index in [1.165, 1.54) is 6.42 Å². The van der Waals surface area contributed by atoms with Crippen LogP contribution >= 0.6 is 0 Å². The summed E-state index contributed by atoms with van der Waals surface area (Å²) >= 11 is 0. The lowest BCUT2D eigenvalue weighted by Gasteiger charge is -2.30. The number of amides is 1. The van der Waals surface area contributed by atoms with Crippen molar-refractivity contribution in [3.8, 4) is 5.75 Å². The topological polar surface area (TPSA) is 69.2 Å². The standard InChI is InChI=1S/C23H37N5O2/c1-4-24-23(25-13-11-22(29)28-14-7-8-18(2)16-28)26-19-12-15-27(17-19)20-9-5-6-10-21(20)30-3/h5-6,9-10,18-19H,4,7-8,11-17H2,1-3H3,(H2,24,25,26). The third kappa shape index (κ3) is 6.03. The number of piperidine rings is 1. The van der Waals surface area contributed by atoms with Gasteiger partial charge in [-0.2, -0.15) is 0 Å². The van der Waals surface area contributed by atoms with Crippen molar-refractivity contribution in [2.24, 2.45) is 10.9 Å². The van der Waals surface area contributed by atoms with Gasteiger partial charge in [0, 0.05) is 45.2 Å². The zero-order valence-electron chi connectivity index (χ0n) is 18.7. The zero-order chi connectivity index (χ0) is 21.3. The molecular formula is C23H37N5O2. The largest absolute Gasteiger partial charge is 0.495 e. The maximum absolute atomic E-state index is 12.5. The molecule has 1 aromatic carbocycles. The van der Waals surface area contributed by atoms with Gasteiger partial charge in [0.2, 0.25) is 5.91 Å². The van der Waals surface area contributed by atoms with Crippen LogP contribution < -0.4 is 20.3 Å². The first-order valence-electron chi connectivity index (χ1n) is 11.3. The first-order valence-corrected chi connectivity index (χ1v) is 11.3. The van der Waals surface area contributed by atoms with Crippen molar-refractivity contribution in [1.29, 1.82) is 0 Å². The molecule has 7 heteroatoms. The summed E-state index contributed by atoms with van der Waals surface area (Å²) in [5, 5.41) is 6.86. The third-order valence-corrected chi connectivity index (χ3v) is 5.90. The lowest BCUT2D eigenvalue weighted by atomic mass is 10.00. The minimum Gasteiger partial charge on any atom is -0.495 e. The van der Waals surface area contributed by atoms with Crippen molar-refractivity contribution in [2.75, 3.05) is 51.3 Å². The van der Waals surface area contributed by atoms with Crippen LogP contribution in [-0.2, 0) is 4.79 Å². The number of methoxy groups -OCH3 is 1. The molecule has 0 bridgehead atoms. The molecule has 2 heterocycles. The van der Waals surface area contributed by atoms with E-state index in [1.807, 2.05) is 23.1 Å². The first kappa shape index (κ1) is 22.2. The zero-order valence-corrected chi connectivity index (χ0v) is 18.7. The summed E-state index contributed by atoms with van der Waals surface area (Å²) in [7, 11) is 1.71. The summed E-state index contributed by atoms with van der Waals surface area (Å²) in [6, 6.07) is 8.46. The molecule has 0 aliphatic carbocycles. The van der Waals surface area contributed by atoms with Crippen molar-refractivity contribution >= 4 is 17.6 Å². The molecule has 30 heavy (non-hydrogen) atoms. The van der Waals surface area contributed by atoms with Crippen LogP contribution in [0.5, 0.6) is 5.75 Å². The van der Waals surface area contributed by atoms with E-state index in [1.54, 1.807) is 7.11 Å². The number of rotatable bonds is 7. The number of guanidine groups is 1. The predicted molar refractivity (Wildman–Crippen MR) is 122 cm³/mol. The second-order valence-electron chi connectivity index (χ2n) is 8.35. The number of carbonyl (C=O) groups excluding carboxylic acids is 1. The van der Waals surface area contributed by atoms with Gasteiger partial charge in [-0.05, 0) is 44.2 Å². The molecule has 0 aromatic heterocycles. The van der Waals surface area contributed by atoms with Crippen molar-refractivity contribution in [1.82, 2.24) is 15.5 Å². The fraction of sp³-hybridized carbons (Fsp3) is 0.652. The van der Waals surface area contributed by atoms with Crippen LogP contribution in [0.15, 0.2) is 29.3 Å². The van der Waals surface area contributed by atoms with Crippen LogP contribution in [0.1, 0.15) is 39.5 Å². The number of benzene rings is 1. The normalized spacial score (nSPS) is 22.2. The lowest BCUT2D eigenvalue weighted by Crippen LogP contribution is -2.45. The van der Waals surface area contributed by atoms with Gasteiger partial charge in [0.1, 0.15) is 5.75 Å². The summed E-state index contributed by atoms with van der Waals surface area (Å²) in [5.74, 6) is 2.54. The Hall–Kier alpha value is -2.44. The van der Waals surface area contributed by atoms with Gasteiger partial charge >= 0.3 is 0 Å². The third-order valence-electron chi connectivity index (χ3n) is 5.90. The number of para-hydroxylation sites is 2. The number of ether oxygens (including phenoxy) is 1. The summed E-state index contributed by atoms with van der Waals surface area (Å²) in [6.45, 7) is 9.26. The van der Waals surface area contributed by atoms with Gasteiger partial charge in [-0.1, -0.05) is 19.1 Å². The maximum Gasteiger partial charge on any atom is 0.224 e. The number of hydrogen-bond acceptors (Lipinski definition) is 4. The van der Waals surface area contributed by atoms with Crippen LogP contribution in [0.2, 0.25) is 0 Å². The highest BCUT2D eigenvalue weighted by Crippen LogP contribution is 2.30. The van der Waals surface area contributed by atoms with Crippen LogP contribution in [0.25, 0.3) is 0 Å². The highest BCUT2D eigenvalue weighted by Gasteiger charge is 2.25. The lowest BCUT2D eigenvalue weighted by molar-refractivity contribution is -0.132. The fourth-order valence-electron chi connectivity index (χ4n) is 4.34.